The van der Waals surface area contributed by atoms with Gasteiger partial charge in [-0.3, -0.25) is 9.67 Å². The number of aromatic nitrogens is 7. The molecule has 5 rings (SSSR count). The van der Waals surface area contributed by atoms with Crippen LogP contribution in [0.1, 0.15) is 30.1 Å². The highest BCUT2D eigenvalue weighted by Gasteiger charge is 2.21. The number of hydrogen-bond acceptors (Lipinski definition) is 7. The maximum absolute atomic E-state index is 5.50. The van der Waals surface area contributed by atoms with Crippen LogP contribution in [0.25, 0.3) is 22.4 Å². The first-order valence-corrected chi connectivity index (χ1v) is 10.1. The quantitative estimate of drug-likeness (QED) is 0.557. The zero-order valence-corrected chi connectivity index (χ0v) is 17.3. The summed E-state index contributed by atoms with van der Waals surface area (Å²) < 4.78 is 9.31. The average molecular weight is 404 g/mol. The van der Waals surface area contributed by atoms with Crippen LogP contribution in [0.5, 0.6) is 0 Å². The molecule has 0 aromatic carbocycles. The number of anilines is 2. The number of aryl methyl sites for hydroxylation is 3. The van der Waals surface area contributed by atoms with Crippen molar-refractivity contribution < 1.29 is 4.74 Å². The van der Waals surface area contributed by atoms with Crippen molar-refractivity contribution in [3.8, 4) is 11.4 Å². The number of rotatable bonds is 4. The van der Waals surface area contributed by atoms with Crippen LogP contribution in [0.15, 0.2) is 30.7 Å². The zero-order chi connectivity index (χ0) is 20.7. The maximum atomic E-state index is 5.50. The summed E-state index contributed by atoms with van der Waals surface area (Å²) in [4.78, 5) is 13.8. The SMILES string of the molecule is Cc1cc(-c2ccn(C)n2)ncc1Nc1ncc2c(C)nn(C3CCOCC3)c2n1. The van der Waals surface area contributed by atoms with Crippen LogP contribution in [0.3, 0.4) is 0 Å². The van der Waals surface area contributed by atoms with Crippen molar-refractivity contribution in [3.63, 3.8) is 0 Å². The van der Waals surface area contributed by atoms with Crippen LogP contribution in [0.4, 0.5) is 11.6 Å². The molecule has 0 radical (unpaired) electrons. The van der Waals surface area contributed by atoms with Crippen molar-refractivity contribution in [1.29, 1.82) is 0 Å². The van der Waals surface area contributed by atoms with Crippen LogP contribution >= 0.6 is 0 Å². The molecule has 0 saturated carbocycles. The first-order valence-electron chi connectivity index (χ1n) is 10.1. The molecular weight excluding hydrogens is 380 g/mol. The topological polar surface area (TPSA) is 95.6 Å². The molecule has 1 N–H and O–H groups in total. The molecule has 30 heavy (non-hydrogen) atoms. The molecule has 0 unspecified atom stereocenters. The van der Waals surface area contributed by atoms with Crippen LogP contribution in [0.2, 0.25) is 0 Å². The Labute approximate surface area is 174 Å². The van der Waals surface area contributed by atoms with Gasteiger partial charge in [-0.1, -0.05) is 0 Å². The van der Waals surface area contributed by atoms with E-state index in [-0.39, 0.29) is 0 Å². The van der Waals surface area contributed by atoms with E-state index < -0.39 is 0 Å². The van der Waals surface area contributed by atoms with Gasteiger partial charge in [0.2, 0.25) is 5.95 Å². The second-order valence-electron chi connectivity index (χ2n) is 7.69. The van der Waals surface area contributed by atoms with E-state index >= 15 is 0 Å². The highest BCUT2D eigenvalue weighted by atomic mass is 16.5. The molecule has 0 spiro atoms. The molecule has 1 fully saturated rings. The Hall–Kier alpha value is -3.33. The molecule has 4 aromatic heterocycles. The van der Waals surface area contributed by atoms with Gasteiger partial charge in [-0.25, -0.2) is 9.67 Å². The van der Waals surface area contributed by atoms with Crippen molar-refractivity contribution in [1.82, 2.24) is 34.5 Å². The number of fused-ring (bicyclic) bond motifs is 1. The number of hydrogen-bond donors (Lipinski definition) is 1. The third-order valence-corrected chi connectivity index (χ3v) is 5.50. The van der Waals surface area contributed by atoms with Crippen LogP contribution in [-0.2, 0) is 11.8 Å². The second kappa shape index (κ2) is 7.49. The Morgan fingerprint density at radius 2 is 1.90 bits per heavy atom. The van der Waals surface area contributed by atoms with Crippen molar-refractivity contribution in [3.05, 3.63) is 42.0 Å². The normalized spacial score (nSPS) is 15.0. The van der Waals surface area contributed by atoms with Crippen LogP contribution in [0, 0.1) is 13.8 Å². The fraction of sp³-hybridized carbons (Fsp3) is 0.381. The molecule has 0 aliphatic carbocycles. The second-order valence-corrected chi connectivity index (χ2v) is 7.69. The lowest BCUT2D eigenvalue weighted by Gasteiger charge is -2.22. The van der Waals surface area contributed by atoms with E-state index in [4.69, 9.17) is 14.8 Å². The third-order valence-electron chi connectivity index (χ3n) is 5.50. The molecular formula is C21H24N8O. The van der Waals surface area contributed by atoms with Crippen molar-refractivity contribution in [2.45, 2.75) is 32.7 Å². The largest absolute Gasteiger partial charge is 0.381 e. The van der Waals surface area contributed by atoms with Gasteiger partial charge < -0.3 is 10.1 Å². The van der Waals surface area contributed by atoms with E-state index in [0.29, 0.717) is 12.0 Å². The lowest BCUT2D eigenvalue weighted by molar-refractivity contribution is 0.0672. The minimum absolute atomic E-state index is 0.304. The maximum Gasteiger partial charge on any atom is 0.229 e. The molecule has 5 heterocycles. The number of pyridine rings is 1. The highest BCUT2D eigenvalue weighted by molar-refractivity contribution is 5.79. The van der Waals surface area contributed by atoms with Gasteiger partial charge in [0.05, 0.1) is 34.7 Å². The van der Waals surface area contributed by atoms with Gasteiger partial charge in [-0.05, 0) is 44.4 Å². The summed E-state index contributed by atoms with van der Waals surface area (Å²) in [5.74, 6) is 0.534. The fourth-order valence-corrected chi connectivity index (χ4v) is 3.81. The Morgan fingerprint density at radius 1 is 1.07 bits per heavy atom. The average Bonchev–Trinajstić information content (AvgIpc) is 3.33. The summed E-state index contributed by atoms with van der Waals surface area (Å²) in [6, 6.07) is 4.27. The fourth-order valence-electron chi connectivity index (χ4n) is 3.81. The first kappa shape index (κ1) is 18.7. The molecule has 9 heteroatoms. The van der Waals surface area contributed by atoms with E-state index in [9.17, 15) is 0 Å². The van der Waals surface area contributed by atoms with Crippen molar-refractivity contribution in [2.75, 3.05) is 18.5 Å². The summed E-state index contributed by atoms with van der Waals surface area (Å²) in [7, 11) is 1.90. The standard InChI is InChI=1S/C21H24N8O/c1-13-10-18(17-4-7-28(3)27-17)22-12-19(13)24-21-23-11-16-14(2)26-29(20(16)25-21)15-5-8-30-9-6-15/h4,7,10-12,15H,5-6,8-9H2,1-3H3,(H,23,24,25). The number of nitrogens with one attached hydrogen (secondary N) is 1. The summed E-state index contributed by atoms with van der Waals surface area (Å²) in [5, 5.41) is 13.4. The predicted octanol–water partition coefficient (Wildman–Crippen LogP) is 3.33. The van der Waals surface area contributed by atoms with Gasteiger partial charge in [0.15, 0.2) is 5.65 Å². The summed E-state index contributed by atoms with van der Waals surface area (Å²) in [6.07, 6.45) is 7.44. The highest BCUT2D eigenvalue weighted by Crippen LogP contribution is 2.28. The molecule has 9 nitrogen and oxygen atoms in total. The molecule has 1 aliphatic heterocycles. The van der Waals surface area contributed by atoms with Gasteiger partial charge in [-0.2, -0.15) is 15.2 Å². The van der Waals surface area contributed by atoms with E-state index in [2.05, 4.69) is 20.4 Å². The Kier molecular flexibility index (Phi) is 4.66. The molecule has 0 atom stereocenters. The summed E-state index contributed by atoms with van der Waals surface area (Å²) in [5.41, 5.74) is 5.39. The Bertz CT molecular complexity index is 1210. The first-order chi connectivity index (χ1) is 14.6. The van der Waals surface area contributed by atoms with Crippen molar-refractivity contribution in [2.24, 2.45) is 7.05 Å². The van der Waals surface area contributed by atoms with Crippen LogP contribution < -0.4 is 5.32 Å². The van der Waals surface area contributed by atoms with Gasteiger partial charge >= 0.3 is 0 Å². The zero-order valence-electron chi connectivity index (χ0n) is 17.3. The van der Waals surface area contributed by atoms with Crippen molar-refractivity contribution >= 4 is 22.7 Å². The predicted molar refractivity (Wildman–Crippen MR) is 114 cm³/mol. The van der Waals surface area contributed by atoms with Gasteiger partial charge in [0.1, 0.15) is 5.69 Å². The number of ether oxygens (including phenoxy) is 1. The lowest BCUT2D eigenvalue weighted by atomic mass is 10.1. The van der Waals surface area contributed by atoms with E-state index in [1.54, 1.807) is 10.9 Å². The van der Waals surface area contributed by atoms with Gasteiger partial charge in [-0.15, -0.1) is 0 Å². The molecule has 1 saturated heterocycles. The minimum atomic E-state index is 0.304. The van der Waals surface area contributed by atoms with E-state index in [1.807, 2.05) is 50.1 Å². The Morgan fingerprint density at radius 3 is 2.63 bits per heavy atom. The summed E-state index contributed by atoms with van der Waals surface area (Å²) in [6.45, 7) is 5.55. The minimum Gasteiger partial charge on any atom is -0.381 e. The third kappa shape index (κ3) is 3.41. The van der Waals surface area contributed by atoms with Gasteiger partial charge in [0.25, 0.3) is 0 Å². The van der Waals surface area contributed by atoms with Gasteiger partial charge in [0, 0.05) is 32.7 Å². The molecule has 0 bridgehead atoms. The van der Waals surface area contributed by atoms with Crippen LogP contribution in [-0.4, -0.2) is 47.7 Å². The Balaban J connectivity index is 1.45. The summed E-state index contributed by atoms with van der Waals surface area (Å²) >= 11 is 0. The smallest absolute Gasteiger partial charge is 0.229 e. The molecule has 1 aliphatic rings. The lowest BCUT2D eigenvalue weighted by Crippen LogP contribution is -2.20. The van der Waals surface area contributed by atoms with E-state index in [0.717, 1.165) is 65.4 Å². The number of nitrogens with zero attached hydrogens (tertiary/aromatic N) is 7. The molecule has 4 aromatic rings. The molecule has 154 valence electrons. The monoisotopic (exact) mass is 404 g/mol. The van der Waals surface area contributed by atoms with E-state index in [1.165, 1.54) is 0 Å². The molecule has 0 amide bonds.